The van der Waals surface area contributed by atoms with Crippen molar-refractivity contribution in [1.82, 2.24) is 14.5 Å². The Bertz CT molecular complexity index is 856. The van der Waals surface area contributed by atoms with Gasteiger partial charge in [-0.3, -0.25) is 4.79 Å². The molecule has 1 aliphatic heterocycles. The highest BCUT2D eigenvalue weighted by Gasteiger charge is 2.26. The fourth-order valence-corrected chi connectivity index (χ4v) is 4.61. The second kappa shape index (κ2) is 8.99. The summed E-state index contributed by atoms with van der Waals surface area (Å²) in [7, 11) is 0. The van der Waals surface area contributed by atoms with Crippen LogP contribution >= 0.6 is 11.8 Å². The van der Waals surface area contributed by atoms with E-state index in [1.165, 1.54) is 11.8 Å². The average molecular weight is 404 g/mol. The minimum absolute atomic E-state index is 0.179. The van der Waals surface area contributed by atoms with Gasteiger partial charge in [0.2, 0.25) is 5.91 Å². The largest absolute Gasteiger partial charge is 0.462 e. The van der Waals surface area contributed by atoms with Crippen LogP contribution in [-0.2, 0) is 16.1 Å². The Balaban J connectivity index is 1.79. The minimum Gasteiger partial charge on any atom is -0.462 e. The summed E-state index contributed by atoms with van der Waals surface area (Å²) < 4.78 is 7.18. The van der Waals surface area contributed by atoms with Crippen molar-refractivity contribution in [3.63, 3.8) is 0 Å². The van der Waals surface area contributed by atoms with Gasteiger partial charge in [0.05, 0.1) is 28.5 Å². The number of fused-ring (bicyclic) bond motifs is 1. The lowest BCUT2D eigenvalue weighted by atomic mass is 9.99. The van der Waals surface area contributed by atoms with Crippen molar-refractivity contribution >= 4 is 34.7 Å². The smallest absolute Gasteiger partial charge is 0.338 e. The number of esters is 1. The molecular formula is C21H29N3O3S. The molecular weight excluding hydrogens is 374 g/mol. The van der Waals surface area contributed by atoms with Gasteiger partial charge in [-0.1, -0.05) is 18.7 Å². The molecule has 0 saturated carbocycles. The zero-order valence-corrected chi connectivity index (χ0v) is 17.9. The Morgan fingerprint density at radius 1 is 1.29 bits per heavy atom. The predicted octanol–water partition coefficient (Wildman–Crippen LogP) is 3.97. The van der Waals surface area contributed by atoms with E-state index in [0.717, 1.165) is 48.7 Å². The molecule has 1 amide bonds. The summed E-state index contributed by atoms with van der Waals surface area (Å²) in [5, 5.41) is 0.616. The van der Waals surface area contributed by atoms with E-state index >= 15 is 0 Å². The fourth-order valence-electron chi connectivity index (χ4n) is 3.54. The molecule has 1 saturated heterocycles. The van der Waals surface area contributed by atoms with Gasteiger partial charge in [-0.25, -0.2) is 9.78 Å². The van der Waals surface area contributed by atoms with Gasteiger partial charge in [0.25, 0.3) is 0 Å². The minimum atomic E-state index is -0.340. The van der Waals surface area contributed by atoms with Gasteiger partial charge in [-0.2, -0.15) is 0 Å². The summed E-state index contributed by atoms with van der Waals surface area (Å²) in [6, 6.07) is 5.44. The van der Waals surface area contributed by atoms with Crippen LogP contribution in [-0.4, -0.2) is 51.3 Å². The number of thioether (sulfide) groups is 1. The Morgan fingerprint density at radius 2 is 2.00 bits per heavy atom. The lowest BCUT2D eigenvalue weighted by Crippen LogP contribution is -2.41. The summed E-state index contributed by atoms with van der Waals surface area (Å²) >= 11 is 1.49. The van der Waals surface area contributed by atoms with Gasteiger partial charge in [0.15, 0.2) is 5.16 Å². The van der Waals surface area contributed by atoms with Crippen LogP contribution in [0.1, 0.15) is 50.9 Å². The van der Waals surface area contributed by atoms with E-state index in [-0.39, 0.29) is 17.1 Å². The molecule has 0 spiro atoms. The molecule has 6 nitrogen and oxygen atoms in total. The molecule has 0 radical (unpaired) electrons. The molecule has 1 fully saturated rings. The Kier molecular flexibility index (Phi) is 6.65. The highest BCUT2D eigenvalue weighted by Crippen LogP contribution is 2.29. The summed E-state index contributed by atoms with van der Waals surface area (Å²) in [4.78, 5) is 31.5. The van der Waals surface area contributed by atoms with Crippen LogP contribution in [0.15, 0.2) is 23.4 Å². The quantitative estimate of drug-likeness (QED) is 0.539. The van der Waals surface area contributed by atoms with Crippen molar-refractivity contribution in [3.8, 4) is 0 Å². The molecule has 1 unspecified atom stereocenters. The van der Waals surface area contributed by atoms with E-state index < -0.39 is 0 Å². The summed E-state index contributed by atoms with van der Waals surface area (Å²) in [5.74, 6) is 0.538. The second-order valence-electron chi connectivity index (χ2n) is 7.33. The van der Waals surface area contributed by atoms with Crippen LogP contribution in [0.25, 0.3) is 11.0 Å². The number of hydrogen-bond acceptors (Lipinski definition) is 5. The maximum atomic E-state index is 12.8. The number of aryl methyl sites for hydroxylation is 1. The van der Waals surface area contributed by atoms with Crippen molar-refractivity contribution in [3.05, 3.63) is 23.8 Å². The third-order valence-electron chi connectivity index (χ3n) is 5.27. The van der Waals surface area contributed by atoms with E-state index in [9.17, 15) is 9.59 Å². The number of piperidine rings is 1. The molecule has 0 N–H and O–H groups in total. The molecule has 0 bridgehead atoms. The highest BCUT2D eigenvalue weighted by molar-refractivity contribution is 8.00. The molecule has 3 rings (SSSR count). The topological polar surface area (TPSA) is 64.4 Å². The standard InChI is InChI=1S/C21H29N3O3S/c1-5-24-18-8-7-16(20(26)27-6-2)13-17(18)22-21(24)28-15(4)19(25)23-11-9-14(3)10-12-23/h7-8,13-15H,5-6,9-12H2,1-4H3. The zero-order chi connectivity index (χ0) is 20.3. The van der Waals surface area contributed by atoms with E-state index in [4.69, 9.17) is 9.72 Å². The molecule has 1 aromatic heterocycles. The number of aromatic nitrogens is 2. The number of ether oxygens (including phenoxy) is 1. The van der Waals surface area contributed by atoms with Crippen molar-refractivity contribution in [2.24, 2.45) is 5.92 Å². The predicted molar refractivity (Wildman–Crippen MR) is 112 cm³/mol. The molecule has 1 aliphatic rings. The zero-order valence-electron chi connectivity index (χ0n) is 17.1. The first-order valence-electron chi connectivity index (χ1n) is 10.1. The summed E-state index contributed by atoms with van der Waals surface area (Å²) in [6.45, 7) is 10.8. The van der Waals surface area contributed by atoms with E-state index in [2.05, 4.69) is 18.4 Å². The Hall–Kier alpha value is -2.02. The molecule has 0 aliphatic carbocycles. The van der Waals surface area contributed by atoms with E-state index in [1.807, 2.05) is 17.9 Å². The number of nitrogens with zero attached hydrogens (tertiary/aromatic N) is 3. The van der Waals surface area contributed by atoms with Crippen molar-refractivity contribution in [1.29, 1.82) is 0 Å². The summed E-state index contributed by atoms with van der Waals surface area (Å²) in [5.41, 5.74) is 2.21. The number of likely N-dealkylation sites (tertiary alicyclic amines) is 1. The van der Waals surface area contributed by atoms with Gasteiger partial charge in [-0.05, 0) is 57.7 Å². The van der Waals surface area contributed by atoms with Crippen molar-refractivity contribution in [2.75, 3.05) is 19.7 Å². The molecule has 152 valence electrons. The van der Waals surface area contributed by atoms with Crippen molar-refractivity contribution < 1.29 is 14.3 Å². The lowest BCUT2D eigenvalue weighted by molar-refractivity contribution is -0.131. The number of imidazole rings is 1. The molecule has 1 aromatic carbocycles. The molecule has 1 atom stereocenters. The number of benzene rings is 1. The second-order valence-corrected chi connectivity index (χ2v) is 8.64. The maximum absolute atomic E-state index is 12.8. The van der Waals surface area contributed by atoms with Gasteiger partial charge < -0.3 is 14.2 Å². The third-order valence-corrected chi connectivity index (χ3v) is 6.34. The average Bonchev–Trinajstić information content (AvgIpc) is 3.04. The van der Waals surface area contributed by atoms with Gasteiger partial charge in [-0.15, -0.1) is 0 Å². The SMILES string of the molecule is CCOC(=O)c1ccc2c(c1)nc(SC(C)C(=O)N1CCC(C)CC1)n2CC. The van der Waals surface area contributed by atoms with Crippen LogP contribution in [0.4, 0.5) is 0 Å². The van der Waals surface area contributed by atoms with Crippen LogP contribution in [0.3, 0.4) is 0 Å². The van der Waals surface area contributed by atoms with Gasteiger partial charge >= 0.3 is 5.97 Å². The first-order chi connectivity index (χ1) is 13.4. The van der Waals surface area contributed by atoms with Crippen LogP contribution < -0.4 is 0 Å². The van der Waals surface area contributed by atoms with E-state index in [1.54, 1.807) is 19.1 Å². The Labute approximate surface area is 170 Å². The van der Waals surface area contributed by atoms with Gasteiger partial charge in [0.1, 0.15) is 0 Å². The maximum Gasteiger partial charge on any atom is 0.338 e. The highest BCUT2D eigenvalue weighted by atomic mass is 32.2. The third kappa shape index (κ3) is 4.35. The monoisotopic (exact) mass is 403 g/mol. The van der Waals surface area contributed by atoms with E-state index in [0.29, 0.717) is 18.1 Å². The summed E-state index contributed by atoms with van der Waals surface area (Å²) in [6.07, 6.45) is 2.15. The number of amides is 1. The van der Waals surface area contributed by atoms with Gasteiger partial charge in [0, 0.05) is 19.6 Å². The Morgan fingerprint density at radius 3 is 2.64 bits per heavy atom. The first kappa shape index (κ1) is 20.7. The number of rotatable bonds is 6. The fraction of sp³-hybridized carbons (Fsp3) is 0.571. The van der Waals surface area contributed by atoms with Crippen LogP contribution in [0.2, 0.25) is 0 Å². The molecule has 7 heteroatoms. The number of carbonyl (C=O) groups is 2. The normalized spacial score (nSPS) is 16.4. The molecule has 2 heterocycles. The van der Waals surface area contributed by atoms with Crippen LogP contribution in [0, 0.1) is 5.92 Å². The van der Waals surface area contributed by atoms with Crippen LogP contribution in [0.5, 0.6) is 0 Å². The van der Waals surface area contributed by atoms with Crippen molar-refractivity contribution in [2.45, 2.75) is 57.5 Å². The molecule has 2 aromatic rings. The lowest BCUT2D eigenvalue weighted by Gasteiger charge is -2.32. The molecule has 28 heavy (non-hydrogen) atoms. The number of carbonyl (C=O) groups excluding carboxylic acids is 2. The number of hydrogen-bond donors (Lipinski definition) is 0. The first-order valence-corrected chi connectivity index (χ1v) is 10.9.